The first-order valence-electron chi connectivity index (χ1n) is 7.51. The molecule has 0 spiro atoms. The summed E-state index contributed by atoms with van der Waals surface area (Å²) in [7, 11) is 1.60. The normalized spacial score (nSPS) is 10.7. The number of benzene rings is 1. The molecule has 0 aliphatic heterocycles. The van der Waals surface area contributed by atoms with Crippen molar-refractivity contribution < 1.29 is 14.3 Å². The zero-order valence-electron chi connectivity index (χ0n) is 13.7. The van der Waals surface area contributed by atoms with E-state index in [1.807, 2.05) is 13.8 Å². The number of hydrogen-bond donors (Lipinski definition) is 3. The van der Waals surface area contributed by atoms with Crippen molar-refractivity contribution in [2.24, 2.45) is 5.92 Å². The van der Waals surface area contributed by atoms with Crippen LogP contribution in [0.4, 0.5) is 5.69 Å². The molecular weight excluding hydrogens is 318 g/mol. The van der Waals surface area contributed by atoms with Gasteiger partial charge in [0.05, 0.1) is 23.7 Å². The molecule has 1 aromatic carbocycles. The Bertz CT molecular complexity index is 535. The number of carbonyl (C=O) groups is 2. The van der Waals surface area contributed by atoms with Crippen LogP contribution >= 0.6 is 11.6 Å². The van der Waals surface area contributed by atoms with Gasteiger partial charge in [-0.25, -0.2) is 0 Å². The molecule has 0 bridgehead atoms. The van der Waals surface area contributed by atoms with Crippen molar-refractivity contribution >= 4 is 29.1 Å². The fraction of sp³-hybridized carbons (Fsp3) is 0.500. The standard InChI is InChI=1S/C16H24ClN3O3/c1-11(2)9-19-16(22)13-5-4-12(8-14(13)17)20-15(21)10-18-6-7-23-3/h4-5,8,11,18H,6-7,9-10H2,1-3H3,(H,19,22)(H,20,21). The molecule has 0 aromatic heterocycles. The summed E-state index contributed by atoms with van der Waals surface area (Å²) in [4.78, 5) is 23.7. The lowest BCUT2D eigenvalue weighted by molar-refractivity contribution is -0.115. The fourth-order valence-corrected chi connectivity index (χ4v) is 2.02. The van der Waals surface area contributed by atoms with Gasteiger partial charge in [-0.15, -0.1) is 0 Å². The van der Waals surface area contributed by atoms with Crippen molar-refractivity contribution in [3.63, 3.8) is 0 Å². The van der Waals surface area contributed by atoms with Gasteiger partial charge in [-0.3, -0.25) is 9.59 Å². The summed E-state index contributed by atoms with van der Waals surface area (Å²) in [5, 5.41) is 8.77. The van der Waals surface area contributed by atoms with Gasteiger partial charge in [0.1, 0.15) is 0 Å². The van der Waals surface area contributed by atoms with Crippen molar-refractivity contribution in [2.75, 3.05) is 38.7 Å². The first-order valence-corrected chi connectivity index (χ1v) is 7.89. The number of carbonyl (C=O) groups excluding carboxylic acids is 2. The zero-order chi connectivity index (χ0) is 17.2. The number of rotatable bonds is 9. The first-order chi connectivity index (χ1) is 10.9. The molecule has 0 saturated heterocycles. The smallest absolute Gasteiger partial charge is 0.252 e. The lowest BCUT2D eigenvalue weighted by Crippen LogP contribution is -2.30. The number of ether oxygens (including phenoxy) is 1. The van der Waals surface area contributed by atoms with Crippen LogP contribution in [0.25, 0.3) is 0 Å². The number of halogens is 1. The minimum atomic E-state index is -0.220. The van der Waals surface area contributed by atoms with Crippen molar-refractivity contribution in [2.45, 2.75) is 13.8 Å². The molecular formula is C16H24ClN3O3. The van der Waals surface area contributed by atoms with Crippen LogP contribution in [0.5, 0.6) is 0 Å². The van der Waals surface area contributed by atoms with Gasteiger partial charge in [0.2, 0.25) is 5.91 Å². The summed E-state index contributed by atoms with van der Waals surface area (Å²) >= 11 is 6.12. The Balaban J connectivity index is 2.55. The Morgan fingerprint density at radius 3 is 2.65 bits per heavy atom. The zero-order valence-corrected chi connectivity index (χ0v) is 14.5. The highest BCUT2D eigenvalue weighted by Crippen LogP contribution is 2.21. The molecule has 0 saturated carbocycles. The lowest BCUT2D eigenvalue weighted by atomic mass is 10.1. The highest BCUT2D eigenvalue weighted by Gasteiger charge is 2.12. The van der Waals surface area contributed by atoms with Crippen LogP contribution in [0, 0.1) is 5.92 Å². The lowest BCUT2D eigenvalue weighted by Gasteiger charge is -2.11. The Labute approximate surface area is 141 Å². The van der Waals surface area contributed by atoms with Gasteiger partial charge in [-0.05, 0) is 24.1 Å². The molecule has 2 amide bonds. The van der Waals surface area contributed by atoms with Gasteiger partial charge in [0, 0.05) is 25.9 Å². The second-order valence-corrected chi connectivity index (χ2v) is 5.92. The molecule has 7 heteroatoms. The molecule has 0 atom stereocenters. The van der Waals surface area contributed by atoms with E-state index < -0.39 is 0 Å². The van der Waals surface area contributed by atoms with Crippen molar-refractivity contribution in [1.82, 2.24) is 10.6 Å². The molecule has 0 heterocycles. The Kier molecular flexibility index (Phi) is 8.61. The van der Waals surface area contributed by atoms with E-state index >= 15 is 0 Å². The molecule has 0 unspecified atom stereocenters. The van der Waals surface area contributed by atoms with Crippen LogP contribution in [-0.2, 0) is 9.53 Å². The average molecular weight is 342 g/mol. The van der Waals surface area contributed by atoms with Crippen molar-refractivity contribution in [3.05, 3.63) is 28.8 Å². The van der Waals surface area contributed by atoms with Gasteiger partial charge < -0.3 is 20.7 Å². The second-order valence-electron chi connectivity index (χ2n) is 5.52. The van der Waals surface area contributed by atoms with E-state index in [4.69, 9.17) is 16.3 Å². The quantitative estimate of drug-likeness (QED) is 0.599. The number of amides is 2. The van der Waals surface area contributed by atoms with Crippen molar-refractivity contribution in [3.8, 4) is 0 Å². The number of nitrogens with one attached hydrogen (secondary N) is 3. The van der Waals surface area contributed by atoms with Crippen molar-refractivity contribution in [1.29, 1.82) is 0 Å². The minimum absolute atomic E-state index is 0.178. The predicted octanol–water partition coefficient (Wildman–Crippen LogP) is 1.90. The van der Waals surface area contributed by atoms with Crippen LogP contribution in [0.15, 0.2) is 18.2 Å². The number of anilines is 1. The average Bonchev–Trinajstić information content (AvgIpc) is 2.49. The van der Waals surface area contributed by atoms with E-state index in [0.717, 1.165) is 0 Å². The third kappa shape index (κ3) is 7.45. The molecule has 0 aliphatic rings. The minimum Gasteiger partial charge on any atom is -0.383 e. The highest BCUT2D eigenvalue weighted by atomic mass is 35.5. The van der Waals surface area contributed by atoms with E-state index in [9.17, 15) is 9.59 Å². The monoisotopic (exact) mass is 341 g/mol. The van der Waals surface area contributed by atoms with E-state index in [1.54, 1.807) is 25.3 Å². The maximum Gasteiger partial charge on any atom is 0.252 e. The molecule has 0 aliphatic carbocycles. The molecule has 1 aromatic rings. The van der Waals surface area contributed by atoms with E-state index in [1.165, 1.54) is 0 Å². The number of hydrogen-bond acceptors (Lipinski definition) is 4. The Morgan fingerprint density at radius 2 is 2.04 bits per heavy atom. The van der Waals surface area contributed by atoms with Gasteiger partial charge >= 0.3 is 0 Å². The van der Waals surface area contributed by atoms with Crippen LogP contribution < -0.4 is 16.0 Å². The largest absolute Gasteiger partial charge is 0.383 e. The maximum atomic E-state index is 12.0. The summed E-state index contributed by atoms with van der Waals surface area (Å²) < 4.78 is 4.88. The molecule has 6 nitrogen and oxygen atoms in total. The van der Waals surface area contributed by atoms with Crippen LogP contribution in [0.1, 0.15) is 24.2 Å². The third-order valence-electron chi connectivity index (χ3n) is 2.94. The van der Waals surface area contributed by atoms with Gasteiger partial charge in [-0.2, -0.15) is 0 Å². The molecule has 3 N–H and O–H groups in total. The third-order valence-corrected chi connectivity index (χ3v) is 3.25. The molecule has 0 fully saturated rings. The maximum absolute atomic E-state index is 12.0. The van der Waals surface area contributed by atoms with E-state index in [2.05, 4.69) is 16.0 Å². The summed E-state index contributed by atoms with van der Waals surface area (Å²) in [6, 6.07) is 4.83. The predicted molar refractivity (Wildman–Crippen MR) is 92.0 cm³/mol. The number of methoxy groups -OCH3 is 1. The molecule has 128 valence electrons. The fourth-order valence-electron chi connectivity index (χ4n) is 1.75. The molecule has 1 rings (SSSR count). The van der Waals surface area contributed by atoms with Gasteiger partial charge in [0.15, 0.2) is 0 Å². The Morgan fingerprint density at radius 1 is 1.30 bits per heavy atom. The second kappa shape index (κ2) is 10.2. The molecule has 23 heavy (non-hydrogen) atoms. The van der Waals surface area contributed by atoms with Crippen LogP contribution in [0.2, 0.25) is 5.02 Å². The first kappa shape index (κ1) is 19.4. The summed E-state index contributed by atoms with van der Waals surface area (Å²) in [5.74, 6) is -0.0427. The van der Waals surface area contributed by atoms with E-state index in [-0.39, 0.29) is 18.4 Å². The SMILES string of the molecule is COCCNCC(=O)Nc1ccc(C(=O)NCC(C)C)c(Cl)c1. The summed E-state index contributed by atoms with van der Waals surface area (Å²) in [6.07, 6.45) is 0. The van der Waals surface area contributed by atoms with Crippen LogP contribution in [0.3, 0.4) is 0 Å². The molecule has 0 radical (unpaired) electrons. The van der Waals surface area contributed by atoms with Gasteiger partial charge in [-0.1, -0.05) is 25.4 Å². The highest BCUT2D eigenvalue weighted by molar-refractivity contribution is 6.34. The van der Waals surface area contributed by atoms with E-state index in [0.29, 0.717) is 41.9 Å². The summed E-state index contributed by atoms with van der Waals surface area (Å²) in [6.45, 7) is 5.93. The van der Waals surface area contributed by atoms with Crippen LogP contribution in [-0.4, -0.2) is 45.2 Å². The van der Waals surface area contributed by atoms with Gasteiger partial charge in [0.25, 0.3) is 5.91 Å². The summed E-state index contributed by atoms with van der Waals surface area (Å²) in [5.41, 5.74) is 0.942. The Hall–Kier alpha value is -1.63. The topological polar surface area (TPSA) is 79.5 Å².